The maximum atomic E-state index is 10.9. The third-order valence-corrected chi connectivity index (χ3v) is 2.75. The van der Waals surface area contributed by atoms with Gasteiger partial charge in [0.2, 0.25) is 12.7 Å². The van der Waals surface area contributed by atoms with Crippen LogP contribution in [-0.2, 0) is 11.2 Å². The molecule has 0 radical (unpaired) electrons. The molecule has 1 aromatic heterocycles. The molecule has 98 valence electrons. The molecule has 1 aromatic carbocycles. The van der Waals surface area contributed by atoms with Crippen molar-refractivity contribution >= 4 is 5.91 Å². The van der Waals surface area contributed by atoms with E-state index in [1.165, 1.54) is 0 Å². The minimum absolute atomic E-state index is 0.0262. The van der Waals surface area contributed by atoms with Gasteiger partial charge < -0.3 is 15.2 Å². The van der Waals surface area contributed by atoms with Gasteiger partial charge in [-0.25, -0.2) is 9.67 Å². The highest BCUT2D eigenvalue weighted by atomic mass is 16.7. The maximum absolute atomic E-state index is 10.9. The molecule has 2 N–H and O–H groups in total. The maximum Gasteiger partial charge on any atom is 0.231 e. The number of fused-ring (bicyclic) bond motifs is 1. The van der Waals surface area contributed by atoms with Gasteiger partial charge >= 0.3 is 0 Å². The van der Waals surface area contributed by atoms with Crippen LogP contribution in [0.5, 0.6) is 11.5 Å². The first-order valence-corrected chi connectivity index (χ1v) is 5.74. The minimum atomic E-state index is -0.456. The minimum Gasteiger partial charge on any atom is -0.454 e. The molecule has 1 aliphatic heterocycles. The monoisotopic (exact) mass is 260 g/mol. The van der Waals surface area contributed by atoms with Crippen LogP contribution in [0.4, 0.5) is 0 Å². The van der Waals surface area contributed by atoms with Crippen LogP contribution < -0.4 is 15.2 Å². The van der Waals surface area contributed by atoms with Crippen LogP contribution in [0.15, 0.2) is 18.2 Å². The van der Waals surface area contributed by atoms with E-state index in [-0.39, 0.29) is 13.2 Å². The molecule has 0 spiro atoms. The first kappa shape index (κ1) is 11.5. The molecule has 7 nitrogen and oxygen atoms in total. The van der Waals surface area contributed by atoms with E-state index in [1.54, 1.807) is 4.68 Å². The highest BCUT2D eigenvalue weighted by molar-refractivity contribution is 5.75. The van der Waals surface area contributed by atoms with Crippen molar-refractivity contribution in [3.63, 3.8) is 0 Å². The van der Waals surface area contributed by atoms with E-state index >= 15 is 0 Å². The van der Waals surface area contributed by atoms with E-state index in [0.717, 1.165) is 5.69 Å². The highest BCUT2D eigenvalue weighted by Gasteiger charge is 2.16. The van der Waals surface area contributed by atoms with Crippen molar-refractivity contribution in [1.29, 1.82) is 0 Å². The van der Waals surface area contributed by atoms with Crippen LogP contribution in [0.1, 0.15) is 11.6 Å². The van der Waals surface area contributed by atoms with Gasteiger partial charge in [-0.05, 0) is 19.1 Å². The van der Waals surface area contributed by atoms with E-state index in [2.05, 4.69) is 10.1 Å². The van der Waals surface area contributed by atoms with Crippen LogP contribution in [0.25, 0.3) is 5.69 Å². The molecule has 1 amide bonds. The summed E-state index contributed by atoms with van der Waals surface area (Å²) in [5, 5.41) is 4.25. The number of ether oxygens (including phenoxy) is 2. The number of rotatable bonds is 3. The van der Waals surface area contributed by atoms with Gasteiger partial charge in [0, 0.05) is 6.07 Å². The molecule has 0 bridgehead atoms. The van der Waals surface area contributed by atoms with E-state index in [4.69, 9.17) is 15.2 Å². The summed E-state index contributed by atoms with van der Waals surface area (Å²) in [6, 6.07) is 5.48. The second kappa shape index (κ2) is 4.27. The smallest absolute Gasteiger partial charge is 0.231 e. The number of nitrogens with zero attached hydrogens (tertiary/aromatic N) is 3. The average Bonchev–Trinajstić information content (AvgIpc) is 2.93. The predicted molar refractivity (Wildman–Crippen MR) is 65.1 cm³/mol. The summed E-state index contributed by atoms with van der Waals surface area (Å²) in [5.74, 6) is 2.00. The van der Waals surface area contributed by atoms with Crippen molar-refractivity contribution in [2.45, 2.75) is 13.3 Å². The lowest BCUT2D eigenvalue weighted by Gasteiger charge is -2.03. The zero-order valence-corrected chi connectivity index (χ0v) is 10.3. The first-order chi connectivity index (χ1) is 9.13. The molecule has 7 heteroatoms. The van der Waals surface area contributed by atoms with E-state index in [1.807, 2.05) is 25.1 Å². The van der Waals surface area contributed by atoms with Crippen LogP contribution in [0.3, 0.4) is 0 Å². The number of hydrogen-bond acceptors (Lipinski definition) is 5. The van der Waals surface area contributed by atoms with Crippen molar-refractivity contribution < 1.29 is 14.3 Å². The molecular weight excluding hydrogens is 248 g/mol. The summed E-state index contributed by atoms with van der Waals surface area (Å²) in [6.07, 6.45) is 0.0262. The van der Waals surface area contributed by atoms with Gasteiger partial charge in [-0.1, -0.05) is 0 Å². The summed E-state index contributed by atoms with van der Waals surface area (Å²) in [5.41, 5.74) is 5.93. The standard InChI is InChI=1S/C12H12N4O3/c1-7-14-12(5-11(13)17)15-16(7)8-2-3-9-10(4-8)19-6-18-9/h2-4H,5-6H2,1H3,(H2,13,17). The third kappa shape index (κ3) is 2.10. The molecule has 2 heterocycles. The van der Waals surface area contributed by atoms with Crippen molar-refractivity contribution in [2.75, 3.05) is 6.79 Å². The van der Waals surface area contributed by atoms with Crippen LogP contribution in [0.2, 0.25) is 0 Å². The summed E-state index contributed by atoms with van der Waals surface area (Å²) >= 11 is 0. The summed E-state index contributed by atoms with van der Waals surface area (Å²) in [4.78, 5) is 15.1. The van der Waals surface area contributed by atoms with Gasteiger partial charge in [0.05, 0.1) is 12.1 Å². The fourth-order valence-electron chi connectivity index (χ4n) is 1.94. The Morgan fingerprint density at radius 2 is 2.21 bits per heavy atom. The SMILES string of the molecule is Cc1nc(CC(N)=O)nn1-c1ccc2c(c1)OCO2. The van der Waals surface area contributed by atoms with Crippen LogP contribution >= 0.6 is 0 Å². The molecule has 0 fully saturated rings. The summed E-state index contributed by atoms with van der Waals surface area (Å²) in [6.45, 7) is 2.03. The quantitative estimate of drug-likeness (QED) is 0.858. The van der Waals surface area contributed by atoms with E-state index in [9.17, 15) is 4.79 Å². The Bertz CT molecular complexity index is 650. The Labute approximate surface area is 108 Å². The number of carbonyl (C=O) groups excluding carboxylic acids is 1. The number of aryl methyl sites for hydroxylation is 1. The lowest BCUT2D eigenvalue weighted by molar-refractivity contribution is -0.117. The van der Waals surface area contributed by atoms with Gasteiger partial charge in [-0.15, -0.1) is 0 Å². The Kier molecular flexibility index (Phi) is 2.59. The fraction of sp³-hybridized carbons (Fsp3) is 0.250. The van der Waals surface area contributed by atoms with Crippen molar-refractivity contribution in [2.24, 2.45) is 5.73 Å². The molecule has 19 heavy (non-hydrogen) atoms. The van der Waals surface area contributed by atoms with Gasteiger partial charge in [0.15, 0.2) is 17.3 Å². The van der Waals surface area contributed by atoms with Crippen molar-refractivity contribution in [1.82, 2.24) is 14.8 Å². The molecule has 1 aliphatic rings. The van der Waals surface area contributed by atoms with Gasteiger partial charge in [-0.3, -0.25) is 4.79 Å². The lowest BCUT2D eigenvalue weighted by atomic mass is 10.3. The summed E-state index contributed by atoms with van der Waals surface area (Å²) < 4.78 is 12.2. The Morgan fingerprint density at radius 1 is 1.42 bits per heavy atom. The Balaban J connectivity index is 1.97. The molecule has 0 unspecified atom stereocenters. The van der Waals surface area contributed by atoms with Crippen molar-refractivity contribution in [3.8, 4) is 17.2 Å². The zero-order chi connectivity index (χ0) is 13.4. The second-order valence-electron chi connectivity index (χ2n) is 4.17. The third-order valence-electron chi connectivity index (χ3n) is 2.75. The highest BCUT2D eigenvalue weighted by Crippen LogP contribution is 2.33. The number of hydrogen-bond donors (Lipinski definition) is 1. The molecule has 0 saturated heterocycles. The van der Waals surface area contributed by atoms with Crippen molar-refractivity contribution in [3.05, 3.63) is 29.8 Å². The predicted octanol–water partition coefficient (Wildman–Crippen LogP) is 0.332. The lowest BCUT2D eigenvalue weighted by Crippen LogP contribution is -2.14. The number of primary amides is 1. The number of benzene rings is 1. The van der Waals surface area contributed by atoms with Gasteiger partial charge in [0.25, 0.3) is 0 Å². The topological polar surface area (TPSA) is 92.3 Å². The summed E-state index contributed by atoms with van der Waals surface area (Å²) in [7, 11) is 0. The fourth-order valence-corrected chi connectivity index (χ4v) is 1.94. The Morgan fingerprint density at radius 3 is 3.00 bits per heavy atom. The molecule has 0 atom stereocenters. The number of aromatic nitrogens is 3. The molecular formula is C12H12N4O3. The van der Waals surface area contributed by atoms with Crippen LogP contribution in [-0.4, -0.2) is 27.5 Å². The number of nitrogens with two attached hydrogens (primary N) is 1. The molecule has 3 rings (SSSR count). The van der Waals surface area contributed by atoms with E-state index in [0.29, 0.717) is 23.1 Å². The average molecular weight is 260 g/mol. The molecule has 0 aliphatic carbocycles. The second-order valence-corrected chi connectivity index (χ2v) is 4.17. The Hall–Kier alpha value is -2.57. The largest absolute Gasteiger partial charge is 0.454 e. The molecule has 0 saturated carbocycles. The molecule has 2 aromatic rings. The first-order valence-electron chi connectivity index (χ1n) is 5.74. The van der Waals surface area contributed by atoms with Crippen LogP contribution in [0, 0.1) is 6.92 Å². The normalized spacial score (nSPS) is 12.7. The van der Waals surface area contributed by atoms with E-state index < -0.39 is 5.91 Å². The zero-order valence-electron chi connectivity index (χ0n) is 10.3. The number of amides is 1. The van der Waals surface area contributed by atoms with Gasteiger partial charge in [-0.2, -0.15) is 5.10 Å². The number of carbonyl (C=O) groups is 1. The van der Waals surface area contributed by atoms with Gasteiger partial charge in [0.1, 0.15) is 5.82 Å².